The monoisotopic (exact) mass is 190 g/mol. The van der Waals surface area contributed by atoms with E-state index in [1.165, 1.54) is 13.1 Å². The summed E-state index contributed by atoms with van der Waals surface area (Å²) in [6.45, 7) is 10.1. The molecule has 0 heterocycles. The second kappa shape index (κ2) is 7.30. The SMILES string of the molecule is CC[N+](C)(CC)CCOCCOC. The van der Waals surface area contributed by atoms with Crippen molar-refractivity contribution in [3.63, 3.8) is 0 Å². The van der Waals surface area contributed by atoms with Crippen molar-refractivity contribution in [1.29, 1.82) is 0 Å². The normalized spacial score (nSPS) is 12.0. The lowest BCUT2D eigenvalue weighted by Gasteiger charge is -2.31. The third kappa shape index (κ3) is 6.02. The second-order valence-electron chi connectivity index (χ2n) is 3.58. The van der Waals surface area contributed by atoms with Gasteiger partial charge < -0.3 is 14.0 Å². The van der Waals surface area contributed by atoms with Crippen molar-refractivity contribution in [3.8, 4) is 0 Å². The molecule has 3 nitrogen and oxygen atoms in total. The fraction of sp³-hybridized carbons (Fsp3) is 1.00. The van der Waals surface area contributed by atoms with Crippen molar-refractivity contribution in [2.45, 2.75) is 13.8 Å². The summed E-state index contributed by atoms with van der Waals surface area (Å²) in [5.41, 5.74) is 0. The van der Waals surface area contributed by atoms with Gasteiger partial charge in [-0.25, -0.2) is 0 Å². The molecule has 13 heavy (non-hydrogen) atoms. The average Bonchev–Trinajstić information content (AvgIpc) is 2.17. The van der Waals surface area contributed by atoms with Crippen LogP contribution in [0.3, 0.4) is 0 Å². The minimum absolute atomic E-state index is 0.696. The third-order valence-corrected chi connectivity index (χ3v) is 2.73. The molecule has 0 N–H and O–H groups in total. The lowest BCUT2D eigenvalue weighted by atomic mass is 10.4. The summed E-state index contributed by atoms with van der Waals surface area (Å²) >= 11 is 0. The zero-order valence-corrected chi connectivity index (χ0v) is 9.51. The van der Waals surface area contributed by atoms with Crippen molar-refractivity contribution < 1.29 is 14.0 Å². The Balaban J connectivity index is 3.39. The molecular formula is C10H24NO2+. The van der Waals surface area contributed by atoms with Crippen LogP contribution in [0.5, 0.6) is 0 Å². The predicted molar refractivity (Wildman–Crippen MR) is 54.8 cm³/mol. The number of hydrogen-bond acceptors (Lipinski definition) is 2. The molecule has 0 bridgehead atoms. The highest BCUT2D eigenvalue weighted by molar-refractivity contribution is 4.35. The van der Waals surface area contributed by atoms with E-state index in [9.17, 15) is 0 Å². The Morgan fingerprint density at radius 2 is 1.62 bits per heavy atom. The minimum Gasteiger partial charge on any atom is -0.382 e. The van der Waals surface area contributed by atoms with Crippen LogP contribution in [0.1, 0.15) is 13.8 Å². The second-order valence-corrected chi connectivity index (χ2v) is 3.58. The number of likely N-dealkylation sites (N-methyl/N-ethyl adjacent to an activating group) is 1. The van der Waals surface area contributed by atoms with Gasteiger partial charge in [-0.15, -0.1) is 0 Å². The Bertz CT molecular complexity index is 113. The smallest absolute Gasteiger partial charge is 0.102 e. The molecule has 0 unspecified atom stereocenters. The summed E-state index contributed by atoms with van der Waals surface area (Å²) in [4.78, 5) is 0. The van der Waals surface area contributed by atoms with Gasteiger partial charge in [-0.1, -0.05) is 0 Å². The van der Waals surface area contributed by atoms with Gasteiger partial charge in [0.1, 0.15) is 6.54 Å². The van der Waals surface area contributed by atoms with Gasteiger partial charge in [0.05, 0.1) is 40.0 Å². The van der Waals surface area contributed by atoms with Gasteiger partial charge >= 0.3 is 0 Å². The van der Waals surface area contributed by atoms with Crippen molar-refractivity contribution in [2.75, 3.05) is 53.6 Å². The molecule has 0 aliphatic carbocycles. The highest BCUT2D eigenvalue weighted by atomic mass is 16.5. The lowest BCUT2D eigenvalue weighted by Crippen LogP contribution is -2.45. The van der Waals surface area contributed by atoms with Crippen LogP contribution in [0.2, 0.25) is 0 Å². The Hall–Kier alpha value is -0.120. The summed E-state index contributed by atoms with van der Waals surface area (Å²) in [5, 5.41) is 0. The Morgan fingerprint density at radius 1 is 1.00 bits per heavy atom. The fourth-order valence-corrected chi connectivity index (χ4v) is 1.07. The van der Waals surface area contributed by atoms with Crippen LogP contribution in [0.4, 0.5) is 0 Å². The average molecular weight is 190 g/mol. The van der Waals surface area contributed by atoms with E-state index in [0.717, 1.165) is 17.6 Å². The van der Waals surface area contributed by atoms with Gasteiger partial charge in [0.25, 0.3) is 0 Å². The van der Waals surface area contributed by atoms with E-state index in [2.05, 4.69) is 20.9 Å². The van der Waals surface area contributed by atoms with Crippen LogP contribution in [0.25, 0.3) is 0 Å². The van der Waals surface area contributed by atoms with Gasteiger partial charge in [0.2, 0.25) is 0 Å². The molecule has 0 aromatic heterocycles. The molecule has 0 aliphatic heterocycles. The number of quaternary nitrogens is 1. The lowest BCUT2D eigenvalue weighted by molar-refractivity contribution is -0.906. The van der Waals surface area contributed by atoms with E-state index in [1.54, 1.807) is 7.11 Å². The summed E-state index contributed by atoms with van der Waals surface area (Å²) < 4.78 is 11.4. The molecule has 0 saturated carbocycles. The molecule has 0 saturated heterocycles. The van der Waals surface area contributed by atoms with Crippen LogP contribution in [-0.2, 0) is 9.47 Å². The molecule has 80 valence electrons. The number of ether oxygens (including phenoxy) is 2. The van der Waals surface area contributed by atoms with E-state index in [-0.39, 0.29) is 0 Å². The van der Waals surface area contributed by atoms with E-state index in [1.807, 2.05) is 0 Å². The first-order valence-corrected chi connectivity index (χ1v) is 5.08. The number of methoxy groups -OCH3 is 1. The zero-order chi connectivity index (χ0) is 10.2. The van der Waals surface area contributed by atoms with Crippen molar-refractivity contribution in [3.05, 3.63) is 0 Å². The topological polar surface area (TPSA) is 18.5 Å². The molecule has 0 atom stereocenters. The summed E-state index contributed by atoms with van der Waals surface area (Å²) in [6.07, 6.45) is 0. The quantitative estimate of drug-likeness (QED) is 0.422. The largest absolute Gasteiger partial charge is 0.382 e. The summed E-state index contributed by atoms with van der Waals surface area (Å²) in [5.74, 6) is 0. The number of hydrogen-bond donors (Lipinski definition) is 0. The Kier molecular flexibility index (Phi) is 7.23. The number of rotatable bonds is 8. The molecule has 0 amide bonds. The van der Waals surface area contributed by atoms with E-state index in [4.69, 9.17) is 9.47 Å². The maximum atomic E-state index is 5.43. The van der Waals surface area contributed by atoms with Crippen LogP contribution < -0.4 is 0 Å². The van der Waals surface area contributed by atoms with Crippen molar-refractivity contribution in [1.82, 2.24) is 0 Å². The van der Waals surface area contributed by atoms with Crippen LogP contribution in [0.15, 0.2) is 0 Å². The van der Waals surface area contributed by atoms with E-state index in [0.29, 0.717) is 13.2 Å². The molecule has 0 aliphatic rings. The zero-order valence-electron chi connectivity index (χ0n) is 9.51. The van der Waals surface area contributed by atoms with E-state index < -0.39 is 0 Å². The minimum atomic E-state index is 0.696. The van der Waals surface area contributed by atoms with Crippen LogP contribution in [-0.4, -0.2) is 58.1 Å². The predicted octanol–water partition coefficient (Wildman–Crippen LogP) is 1.14. The van der Waals surface area contributed by atoms with Crippen molar-refractivity contribution >= 4 is 0 Å². The van der Waals surface area contributed by atoms with Gasteiger partial charge in [-0.05, 0) is 13.8 Å². The molecule has 3 heteroatoms. The van der Waals surface area contributed by atoms with Crippen LogP contribution >= 0.6 is 0 Å². The molecule has 0 radical (unpaired) electrons. The first-order chi connectivity index (χ1) is 6.18. The Labute approximate surface area is 82.2 Å². The first-order valence-electron chi connectivity index (χ1n) is 5.08. The standard InChI is InChI=1S/C10H24NO2/c1-5-11(3,6-2)7-8-13-10-9-12-4/h5-10H2,1-4H3/q+1. The highest BCUT2D eigenvalue weighted by Gasteiger charge is 2.15. The maximum Gasteiger partial charge on any atom is 0.102 e. The highest BCUT2D eigenvalue weighted by Crippen LogP contribution is 1.99. The molecule has 0 spiro atoms. The fourth-order valence-electron chi connectivity index (χ4n) is 1.07. The summed E-state index contributed by atoms with van der Waals surface area (Å²) in [7, 11) is 3.96. The van der Waals surface area contributed by atoms with Crippen molar-refractivity contribution in [2.24, 2.45) is 0 Å². The molecule has 0 aromatic rings. The van der Waals surface area contributed by atoms with Gasteiger partial charge in [-0.3, -0.25) is 0 Å². The molecule has 0 fully saturated rings. The Morgan fingerprint density at radius 3 is 2.08 bits per heavy atom. The molecule has 0 aromatic carbocycles. The summed E-state index contributed by atoms with van der Waals surface area (Å²) in [6, 6.07) is 0. The van der Waals surface area contributed by atoms with Gasteiger partial charge in [0.15, 0.2) is 0 Å². The molecule has 0 rings (SSSR count). The first kappa shape index (κ1) is 12.9. The van der Waals surface area contributed by atoms with E-state index >= 15 is 0 Å². The van der Waals surface area contributed by atoms with Gasteiger partial charge in [0, 0.05) is 7.11 Å². The number of nitrogens with zero attached hydrogens (tertiary/aromatic N) is 1. The molecular weight excluding hydrogens is 166 g/mol. The maximum absolute atomic E-state index is 5.43. The third-order valence-electron chi connectivity index (χ3n) is 2.73. The van der Waals surface area contributed by atoms with Crippen LogP contribution in [0, 0.1) is 0 Å². The van der Waals surface area contributed by atoms with Gasteiger partial charge in [-0.2, -0.15) is 0 Å².